The van der Waals surface area contributed by atoms with Crippen molar-refractivity contribution in [2.24, 2.45) is 0 Å². The Labute approximate surface area is 111 Å². The molecule has 1 fully saturated rings. The summed E-state index contributed by atoms with van der Waals surface area (Å²) in [6.45, 7) is 4.97. The minimum Gasteiger partial charge on any atom is -0.331 e. The van der Waals surface area contributed by atoms with E-state index in [4.69, 9.17) is 0 Å². The van der Waals surface area contributed by atoms with E-state index in [1.54, 1.807) is 4.90 Å². The monoisotopic (exact) mass is 256 g/mol. The van der Waals surface area contributed by atoms with Crippen molar-refractivity contribution in [2.45, 2.75) is 31.8 Å². The molecule has 1 saturated heterocycles. The molecule has 0 aromatic heterocycles. The van der Waals surface area contributed by atoms with E-state index in [0.717, 1.165) is 32.5 Å². The highest BCUT2D eigenvalue weighted by Crippen LogP contribution is 2.11. The zero-order chi connectivity index (χ0) is 13.7. The van der Waals surface area contributed by atoms with Crippen LogP contribution in [0.1, 0.15) is 19.8 Å². The number of carbonyl (C=O) groups excluding carboxylic acids is 1. The third kappa shape index (κ3) is 4.46. The van der Waals surface area contributed by atoms with Gasteiger partial charge in [-0.1, -0.05) is 0 Å². The summed E-state index contributed by atoms with van der Waals surface area (Å²) in [7, 11) is 7.83. The second kappa shape index (κ2) is 6.95. The summed E-state index contributed by atoms with van der Waals surface area (Å²) in [5.74, 6) is 0. The lowest BCUT2D eigenvalue weighted by Gasteiger charge is -2.34. The first-order valence-electron chi connectivity index (χ1n) is 6.78. The lowest BCUT2D eigenvalue weighted by atomic mass is 10.0. The lowest BCUT2D eigenvalue weighted by molar-refractivity contribution is 0.151. The maximum atomic E-state index is 11.8. The maximum absolute atomic E-state index is 11.8. The fraction of sp³-hybridized carbons (Fsp3) is 0.923. The van der Waals surface area contributed by atoms with Crippen molar-refractivity contribution in [2.75, 3.05) is 47.8 Å². The molecule has 5 nitrogen and oxygen atoms in total. The van der Waals surface area contributed by atoms with Crippen LogP contribution in [0.25, 0.3) is 0 Å². The van der Waals surface area contributed by atoms with E-state index in [1.807, 2.05) is 19.0 Å². The third-order valence-corrected chi connectivity index (χ3v) is 3.73. The van der Waals surface area contributed by atoms with Crippen molar-refractivity contribution in [3.8, 4) is 0 Å². The SMILES string of the molecule is CC(CNC1CCN(C(=O)N(C)C)CC1)N(C)C. The molecule has 1 N–H and O–H groups in total. The molecule has 1 heterocycles. The molecule has 1 atom stereocenters. The van der Waals surface area contributed by atoms with Crippen LogP contribution in [-0.2, 0) is 0 Å². The predicted molar refractivity (Wildman–Crippen MR) is 74.8 cm³/mol. The van der Waals surface area contributed by atoms with Crippen molar-refractivity contribution in [1.82, 2.24) is 20.0 Å². The summed E-state index contributed by atoms with van der Waals surface area (Å²) in [5.41, 5.74) is 0. The number of nitrogens with one attached hydrogen (secondary N) is 1. The Balaban J connectivity index is 2.25. The largest absolute Gasteiger partial charge is 0.331 e. The Bertz CT molecular complexity index is 260. The van der Waals surface area contributed by atoms with E-state index < -0.39 is 0 Å². The van der Waals surface area contributed by atoms with Crippen LogP contribution in [0.5, 0.6) is 0 Å². The van der Waals surface area contributed by atoms with Crippen molar-refractivity contribution in [1.29, 1.82) is 0 Å². The van der Waals surface area contributed by atoms with Crippen LogP contribution in [0.3, 0.4) is 0 Å². The molecular formula is C13H28N4O. The van der Waals surface area contributed by atoms with E-state index in [-0.39, 0.29) is 6.03 Å². The van der Waals surface area contributed by atoms with Crippen LogP contribution in [0.2, 0.25) is 0 Å². The Hall–Kier alpha value is -0.810. The van der Waals surface area contributed by atoms with Gasteiger partial charge in [-0.15, -0.1) is 0 Å². The molecule has 1 aliphatic heterocycles. The van der Waals surface area contributed by atoms with Gasteiger partial charge < -0.3 is 20.0 Å². The standard InChI is InChI=1S/C13H28N4O/c1-11(15(2)3)10-14-12-6-8-17(9-7-12)13(18)16(4)5/h11-12,14H,6-10H2,1-5H3. The molecule has 0 aromatic carbocycles. The quantitative estimate of drug-likeness (QED) is 0.803. The van der Waals surface area contributed by atoms with Crippen LogP contribution in [0.4, 0.5) is 4.79 Å². The van der Waals surface area contributed by atoms with Crippen LogP contribution in [0.15, 0.2) is 0 Å². The molecule has 0 saturated carbocycles. The van der Waals surface area contributed by atoms with Crippen LogP contribution in [-0.4, -0.2) is 80.6 Å². The van der Waals surface area contributed by atoms with Crippen LogP contribution >= 0.6 is 0 Å². The van der Waals surface area contributed by atoms with E-state index in [1.165, 1.54) is 0 Å². The first-order valence-corrected chi connectivity index (χ1v) is 6.78. The first-order chi connectivity index (χ1) is 8.41. The second-order valence-electron chi connectivity index (χ2n) is 5.66. The van der Waals surface area contributed by atoms with Gasteiger partial charge in [0.25, 0.3) is 0 Å². The number of likely N-dealkylation sites (N-methyl/N-ethyl adjacent to an activating group) is 1. The van der Waals surface area contributed by atoms with E-state index in [0.29, 0.717) is 12.1 Å². The first kappa shape index (κ1) is 15.2. The highest BCUT2D eigenvalue weighted by Gasteiger charge is 2.23. The van der Waals surface area contributed by atoms with E-state index in [9.17, 15) is 4.79 Å². The van der Waals surface area contributed by atoms with Crippen molar-refractivity contribution >= 4 is 6.03 Å². The van der Waals surface area contributed by atoms with Gasteiger partial charge in [0.15, 0.2) is 0 Å². The maximum Gasteiger partial charge on any atom is 0.319 e. The summed E-state index contributed by atoms with van der Waals surface area (Å²) in [6.07, 6.45) is 2.11. The molecule has 0 aliphatic carbocycles. The summed E-state index contributed by atoms with van der Waals surface area (Å²) >= 11 is 0. The van der Waals surface area contributed by atoms with Crippen molar-refractivity contribution in [3.05, 3.63) is 0 Å². The molecule has 18 heavy (non-hydrogen) atoms. The van der Waals surface area contributed by atoms with Crippen LogP contribution < -0.4 is 5.32 Å². The van der Waals surface area contributed by atoms with Crippen molar-refractivity contribution < 1.29 is 4.79 Å². The summed E-state index contributed by atoms with van der Waals surface area (Å²) < 4.78 is 0. The fourth-order valence-electron chi connectivity index (χ4n) is 2.08. The van der Waals surface area contributed by atoms with Gasteiger partial charge in [-0.3, -0.25) is 0 Å². The minimum atomic E-state index is 0.134. The van der Waals surface area contributed by atoms with Gasteiger partial charge in [0, 0.05) is 45.8 Å². The molecule has 5 heteroatoms. The second-order valence-corrected chi connectivity index (χ2v) is 5.66. The normalized spacial score (nSPS) is 19.1. The predicted octanol–water partition coefficient (Wildman–Crippen LogP) is 0.672. The molecule has 1 rings (SSSR count). The minimum absolute atomic E-state index is 0.134. The van der Waals surface area contributed by atoms with Gasteiger partial charge >= 0.3 is 6.03 Å². The van der Waals surface area contributed by atoms with Gasteiger partial charge in [-0.2, -0.15) is 0 Å². The Kier molecular flexibility index (Phi) is 5.88. The summed E-state index contributed by atoms with van der Waals surface area (Å²) in [4.78, 5) is 17.6. The molecular weight excluding hydrogens is 228 g/mol. The zero-order valence-corrected chi connectivity index (χ0v) is 12.4. The molecule has 0 aromatic rings. The lowest BCUT2D eigenvalue weighted by Crippen LogP contribution is -2.49. The fourth-order valence-corrected chi connectivity index (χ4v) is 2.08. The molecule has 1 unspecified atom stereocenters. The Morgan fingerprint density at radius 1 is 1.28 bits per heavy atom. The average Bonchev–Trinajstić information content (AvgIpc) is 2.35. The zero-order valence-electron chi connectivity index (χ0n) is 12.4. The summed E-state index contributed by atoms with van der Waals surface area (Å²) in [5, 5.41) is 3.60. The van der Waals surface area contributed by atoms with E-state index in [2.05, 4.69) is 31.2 Å². The molecule has 0 bridgehead atoms. The van der Waals surface area contributed by atoms with Gasteiger partial charge in [0.1, 0.15) is 0 Å². The Morgan fingerprint density at radius 2 is 1.83 bits per heavy atom. The van der Waals surface area contributed by atoms with Gasteiger partial charge in [-0.05, 0) is 33.9 Å². The highest BCUT2D eigenvalue weighted by atomic mass is 16.2. The number of likely N-dealkylation sites (tertiary alicyclic amines) is 1. The Morgan fingerprint density at radius 3 is 2.28 bits per heavy atom. The number of hydrogen-bond acceptors (Lipinski definition) is 3. The number of amides is 2. The number of hydrogen-bond donors (Lipinski definition) is 1. The molecule has 0 spiro atoms. The van der Waals surface area contributed by atoms with Crippen LogP contribution in [0, 0.1) is 0 Å². The average molecular weight is 256 g/mol. The smallest absolute Gasteiger partial charge is 0.319 e. The number of urea groups is 1. The van der Waals surface area contributed by atoms with Gasteiger partial charge in [0.2, 0.25) is 0 Å². The number of carbonyl (C=O) groups is 1. The van der Waals surface area contributed by atoms with Crippen molar-refractivity contribution in [3.63, 3.8) is 0 Å². The number of piperidine rings is 1. The number of rotatable bonds is 4. The third-order valence-electron chi connectivity index (χ3n) is 3.73. The topological polar surface area (TPSA) is 38.8 Å². The van der Waals surface area contributed by atoms with E-state index >= 15 is 0 Å². The summed E-state index contributed by atoms with van der Waals surface area (Å²) in [6, 6.07) is 1.24. The molecule has 1 aliphatic rings. The highest BCUT2D eigenvalue weighted by molar-refractivity contribution is 5.73. The number of nitrogens with zero attached hydrogens (tertiary/aromatic N) is 3. The molecule has 106 valence electrons. The van der Waals surface area contributed by atoms with Gasteiger partial charge in [0.05, 0.1) is 0 Å². The molecule has 2 amide bonds. The molecule has 0 radical (unpaired) electrons. The van der Waals surface area contributed by atoms with Gasteiger partial charge in [-0.25, -0.2) is 4.79 Å².